The molecular weight excluding hydrogens is 278 g/mol. The normalized spacial score (nSPS) is 12.4. The van der Waals surface area contributed by atoms with Crippen LogP contribution in [0.25, 0.3) is 0 Å². The molecule has 0 amide bonds. The van der Waals surface area contributed by atoms with Gasteiger partial charge in [-0.2, -0.15) is 0 Å². The van der Waals surface area contributed by atoms with E-state index in [4.69, 9.17) is 11.6 Å². The van der Waals surface area contributed by atoms with E-state index in [-0.39, 0.29) is 6.04 Å². The van der Waals surface area contributed by atoms with E-state index in [1.807, 2.05) is 31.3 Å². The van der Waals surface area contributed by atoms with Crippen LogP contribution in [0, 0.1) is 0 Å². The van der Waals surface area contributed by atoms with Gasteiger partial charge < -0.3 is 10.2 Å². The van der Waals surface area contributed by atoms with Gasteiger partial charge in [0, 0.05) is 30.0 Å². The first-order valence-corrected chi connectivity index (χ1v) is 7.44. The second-order valence-electron chi connectivity index (χ2n) is 4.55. The van der Waals surface area contributed by atoms with E-state index in [9.17, 15) is 0 Å². The molecule has 0 spiro atoms. The molecule has 19 heavy (non-hydrogen) atoms. The summed E-state index contributed by atoms with van der Waals surface area (Å²) in [5.74, 6) is 0. The van der Waals surface area contributed by atoms with Crippen molar-refractivity contribution in [3.8, 4) is 0 Å². The Morgan fingerprint density at radius 3 is 2.68 bits per heavy atom. The zero-order valence-corrected chi connectivity index (χ0v) is 12.9. The van der Waals surface area contributed by atoms with Crippen LogP contribution in [0.15, 0.2) is 29.6 Å². The standard InChI is InChI=1S/C14H18ClN3S/c1-10(16-2)13-9-19-14(17-13)18(3)8-11-4-6-12(15)7-5-11/h4-7,9-10,16H,8H2,1-3H3. The van der Waals surface area contributed by atoms with Crippen LogP contribution >= 0.6 is 22.9 Å². The van der Waals surface area contributed by atoms with Crippen molar-refractivity contribution in [1.29, 1.82) is 0 Å². The fourth-order valence-corrected chi connectivity index (χ4v) is 2.74. The number of nitrogens with zero attached hydrogens (tertiary/aromatic N) is 2. The van der Waals surface area contributed by atoms with Crippen LogP contribution < -0.4 is 10.2 Å². The lowest BCUT2D eigenvalue weighted by Gasteiger charge is -2.16. The predicted molar refractivity (Wildman–Crippen MR) is 83.1 cm³/mol. The van der Waals surface area contributed by atoms with Gasteiger partial charge in [0.1, 0.15) is 0 Å². The Morgan fingerprint density at radius 1 is 1.37 bits per heavy atom. The molecule has 0 saturated heterocycles. The highest BCUT2D eigenvalue weighted by molar-refractivity contribution is 7.13. The molecule has 0 aliphatic heterocycles. The molecule has 1 aromatic carbocycles. The Labute approximate surface area is 123 Å². The number of benzene rings is 1. The monoisotopic (exact) mass is 295 g/mol. The van der Waals surface area contributed by atoms with Crippen LogP contribution in [-0.2, 0) is 6.54 Å². The molecule has 2 rings (SSSR count). The third-order valence-electron chi connectivity index (χ3n) is 3.05. The largest absolute Gasteiger partial charge is 0.347 e. The molecule has 1 unspecified atom stereocenters. The number of aromatic nitrogens is 1. The number of halogens is 1. The van der Waals surface area contributed by atoms with Gasteiger partial charge in [0.2, 0.25) is 0 Å². The Kier molecular flexibility index (Phi) is 4.80. The molecule has 0 saturated carbocycles. The first kappa shape index (κ1) is 14.3. The van der Waals surface area contributed by atoms with E-state index >= 15 is 0 Å². The van der Waals surface area contributed by atoms with E-state index in [1.165, 1.54) is 5.56 Å². The fourth-order valence-electron chi connectivity index (χ4n) is 1.73. The molecule has 5 heteroatoms. The molecule has 102 valence electrons. The summed E-state index contributed by atoms with van der Waals surface area (Å²) in [5.41, 5.74) is 2.32. The maximum Gasteiger partial charge on any atom is 0.185 e. The van der Waals surface area contributed by atoms with Crippen molar-refractivity contribution in [3.63, 3.8) is 0 Å². The molecule has 3 nitrogen and oxygen atoms in total. The van der Waals surface area contributed by atoms with Crippen molar-refractivity contribution in [3.05, 3.63) is 45.9 Å². The lowest BCUT2D eigenvalue weighted by molar-refractivity contribution is 0.636. The maximum absolute atomic E-state index is 5.89. The number of hydrogen-bond acceptors (Lipinski definition) is 4. The van der Waals surface area contributed by atoms with Crippen molar-refractivity contribution in [1.82, 2.24) is 10.3 Å². The number of rotatable bonds is 5. The smallest absolute Gasteiger partial charge is 0.185 e. The Morgan fingerprint density at radius 2 is 2.05 bits per heavy atom. The van der Waals surface area contributed by atoms with Gasteiger partial charge >= 0.3 is 0 Å². The summed E-state index contributed by atoms with van der Waals surface area (Å²) in [4.78, 5) is 6.80. The zero-order valence-electron chi connectivity index (χ0n) is 11.4. The zero-order chi connectivity index (χ0) is 13.8. The molecule has 1 heterocycles. The fraction of sp³-hybridized carbons (Fsp3) is 0.357. The van der Waals surface area contributed by atoms with Gasteiger partial charge in [0.05, 0.1) is 5.69 Å². The summed E-state index contributed by atoms with van der Waals surface area (Å²) in [7, 11) is 4.00. The van der Waals surface area contributed by atoms with Gasteiger partial charge in [-0.25, -0.2) is 4.98 Å². The summed E-state index contributed by atoms with van der Waals surface area (Å²) >= 11 is 7.56. The van der Waals surface area contributed by atoms with Crippen LogP contribution in [0.5, 0.6) is 0 Å². The summed E-state index contributed by atoms with van der Waals surface area (Å²) < 4.78 is 0. The summed E-state index contributed by atoms with van der Waals surface area (Å²) in [5, 5.41) is 7.11. The Bertz CT molecular complexity index is 524. The van der Waals surface area contributed by atoms with Crippen molar-refractivity contribution < 1.29 is 0 Å². The average Bonchev–Trinajstić information content (AvgIpc) is 2.90. The van der Waals surface area contributed by atoms with Crippen LogP contribution in [0.1, 0.15) is 24.2 Å². The molecule has 0 aliphatic carbocycles. The van der Waals surface area contributed by atoms with Gasteiger partial charge in [-0.15, -0.1) is 11.3 Å². The minimum absolute atomic E-state index is 0.286. The molecule has 2 aromatic rings. The highest BCUT2D eigenvalue weighted by Crippen LogP contribution is 2.24. The summed E-state index contributed by atoms with van der Waals surface area (Å²) in [6.07, 6.45) is 0. The van der Waals surface area contributed by atoms with Gasteiger partial charge in [0.25, 0.3) is 0 Å². The van der Waals surface area contributed by atoms with Crippen molar-refractivity contribution in [2.75, 3.05) is 19.0 Å². The van der Waals surface area contributed by atoms with E-state index in [0.29, 0.717) is 0 Å². The first-order chi connectivity index (χ1) is 9.10. The first-order valence-electron chi connectivity index (χ1n) is 6.18. The molecular formula is C14H18ClN3S. The molecule has 0 bridgehead atoms. The molecule has 0 fully saturated rings. The molecule has 1 aromatic heterocycles. The van der Waals surface area contributed by atoms with Gasteiger partial charge in [0.15, 0.2) is 5.13 Å². The highest BCUT2D eigenvalue weighted by Gasteiger charge is 2.11. The topological polar surface area (TPSA) is 28.2 Å². The van der Waals surface area contributed by atoms with E-state index in [0.717, 1.165) is 22.4 Å². The number of nitrogens with one attached hydrogen (secondary N) is 1. The van der Waals surface area contributed by atoms with Crippen LogP contribution in [0.3, 0.4) is 0 Å². The van der Waals surface area contributed by atoms with Crippen LogP contribution in [0.2, 0.25) is 5.02 Å². The number of anilines is 1. The Balaban J connectivity index is 2.05. The molecule has 0 aliphatic rings. The number of thiazole rings is 1. The third-order valence-corrected chi connectivity index (χ3v) is 4.27. The highest BCUT2D eigenvalue weighted by atomic mass is 35.5. The maximum atomic E-state index is 5.89. The minimum atomic E-state index is 0.286. The van der Waals surface area contributed by atoms with Crippen molar-refractivity contribution >= 4 is 28.1 Å². The minimum Gasteiger partial charge on any atom is -0.347 e. The molecule has 0 radical (unpaired) electrons. The molecule has 1 atom stereocenters. The predicted octanol–water partition coefficient (Wildman–Crippen LogP) is 3.71. The Hall–Kier alpha value is -1.10. The van der Waals surface area contributed by atoms with E-state index < -0.39 is 0 Å². The van der Waals surface area contributed by atoms with Gasteiger partial charge in [-0.1, -0.05) is 23.7 Å². The van der Waals surface area contributed by atoms with Crippen molar-refractivity contribution in [2.45, 2.75) is 19.5 Å². The van der Waals surface area contributed by atoms with Gasteiger partial charge in [-0.05, 0) is 31.7 Å². The lowest BCUT2D eigenvalue weighted by atomic mass is 10.2. The quantitative estimate of drug-likeness (QED) is 0.911. The van der Waals surface area contributed by atoms with Crippen LogP contribution in [-0.4, -0.2) is 19.1 Å². The SMILES string of the molecule is CNC(C)c1csc(N(C)Cc2ccc(Cl)cc2)n1. The van der Waals surface area contributed by atoms with E-state index in [1.54, 1.807) is 11.3 Å². The average molecular weight is 296 g/mol. The number of hydrogen-bond donors (Lipinski definition) is 1. The molecule has 1 N–H and O–H groups in total. The van der Waals surface area contributed by atoms with Crippen molar-refractivity contribution in [2.24, 2.45) is 0 Å². The second kappa shape index (κ2) is 6.37. The van der Waals surface area contributed by atoms with E-state index in [2.05, 4.69) is 34.6 Å². The lowest BCUT2D eigenvalue weighted by Crippen LogP contribution is -2.17. The van der Waals surface area contributed by atoms with Gasteiger partial charge in [-0.3, -0.25) is 0 Å². The summed E-state index contributed by atoms with van der Waals surface area (Å²) in [6, 6.07) is 8.21. The summed E-state index contributed by atoms with van der Waals surface area (Å²) in [6.45, 7) is 2.94. The third kappa shape index (κ3) is 3.69. The van der Waals surface area contributed by atoms with Crippen LogP contribution in [0.4, 0.5) is 5.13 Å². The second-order valence-corrected chi connectivity index (χ2v) is 5.82.